The van der Waals surface area contributed by atoms with Crippen molar-refractivity contribution in [3.05, 3.63) is 0 Å². The lowest BCUT2D eigenvalue weighted by Crippen LogP contribution is -2.60. The van der Waals surface area contributed by atoms with Crippen LogP contribution in [0.15, 0.2) is 0 Å². The van der Waals surface area contributed by atoms with Crippen LogP contribution < -0.4 is 16.0 Å². The molecule has 0 aromatic rings. The van der Waals surface area contributed by atoms with Gasteiger partial charge in [0.15, 0.2) is 0 Å². The maximum atomic E-state index is 12.7. The van der Waals surface area contributed by atoms with Crippen molar-refractivity contribution >= 4 is 23.7 Å². The fraction of sp³-hybridized carbons (Fsp3) is 0.818. The highest BCUT2D eigenvalue weighted by Gasteiger charge is 2.36. The highest BCUT2D eigenvalue weighted by atomic mass is 16.5. The molecule has 2 aliphatic rings. The molecule has 2 atom stereocenters. The SMILES string of the molecule is CCCCCCCCCCOC(=O)CC1C(=O)NCCN1C(=O)CC1NCCNC1=O. The van der Waals surface area contributed by atoms with Gasteiger partial charge >= 0.3 is 5.97 Å². The minimum Gasteiger partial charge on any atom is -0.466 e. The lowest BCUT2D eigenvalue weighted by Gasteiger charge is -2.35. The number of hydrogen-bond acceptors (Lipinski definition) is 6. The van der Waals surface area contributed by atoms with Crippen LogP contribution in [0.1, 0.15) is 71.1 Å². The Balaban J connectivity index is 1.71. The van der Waals surface area contributed by atoms with E-state index in [1.54, 1.807) is 0 Å². The van der Waals surface area contributed by atoms with E-state index >= 15 is 0 Å². The van der Waals surface area contributed by atoms with Crippen molar-refractivity contribution in [2.75, 3.05) is 32.8 Å². The van der Waals surface area contributed by atoms with Crippen molar-refractivity contribution in [1.29, 1.82) is 0 Å². The van der Waals surface area contributed by atoms with Crippen molar-refractivity contribution in [3.8, 4) is 0 Å². The van der Waals surface area contributed by atoms with Crippen LogP contribution in [0.5, 0.6) is 0 Å². The third-order valence-electron chi connectivity index (χ3n) is 5.78. The molecular formula is C22H38N4O5. The first kappa shape index (κ1) is 25.1. The Morgan fingerprint density at radius 3 is 2.29 bits per heavy atom. The van der Waals surface area contributed by atoms with E-state index in [1.807, 2.05) is 0 Å². The molecular weight excluding hydrogens is 400 g/mol. The summed E-state index contributed by atoms with van der Waals surface area (Å²) in [4.78, 5) is 50.6. The van der Waals surface area contributed by atoms with E-state index in [0.29, 0.717) is 32.8 Å². The molecule has 0 spiro atoms. The topological polar surface area (TPSA) is 117 Å². The van der Waals surface area contributed by atoms with Crippen LogP contribution in [0.25, 0.3) is 0 Å². The average Bonchev–Trinajstić information content (AvgIpc) is 2.75. The van der Waals surface area contributed by atoms with Crippen molar-refractivity contribution in [3.63, 3.8) is 0 Å². The number of carbonyl (C=O) groups is 4. The number of piperazine rings is 2. The highest BCUT2D eigenvalue weighted by Crippen LogP contribution is 2.14. The predicted molar refractivity (Wildman–Crippen MR) is 116 cm³/mol. The van der Waals surface area contributed by atoms with Gasteiger partial charge in [0.25, 0.3) is 0 Å². The molecule has 0 aromatic heterocycles. The van der Waals surface area contributed by atoms with Crippen LogP contribution in [-0.4, -0.2) is 73.5 Å². The average molecular weight is 439 g/mol. The van der Waals surface area contributed by atoms with Gasteiger partial charge in [-0.15, -0.1) is 0 Å². The predicted octanol–water partition coefficient (Wildman–Crippen LogP) is 0.866. The van der Waals surface area contributed by atoms with Gasteiger partial charge in [-0.25, -0.2) is 0 Å². The number of ether oxygens (including phenoxy) is 1. The number of hydrogen-bond donors (Lipinski definition) is 3. The Morgan fingerprint density at radius 1 is 0.903 bits per heavy atom. The Hall–Kier alpha value is -2.16. The quantitative estimate of drug-likeness (QED) is 0.290. The molecule has 0 saturated carbocycles. The number of amides is 3. The van der Waals surface area contributed by atoms with E-state index in [-0.39, 0.29) is 30.6 Å². The molecule has 176 valence electrons. The second-order valence-corrected chi connectivity index (χ2v) is 8.30. The summed E-state index contributed by atoms with van der Waals surface area (Å²) in [7, 11) is 0. The maximum absolute atomic E-state index is 12.7. The molecule has 31 heavy (non-hydrogen) atoms. The summed E-state index contributed by atoms with van der Waals surface area (Å²) in [6, 6.07) is -1.50. The van der Waals surface area contributed by atoms with Gasteiger partial charge in [0.05, 0.1) is 25.5 Å². The molecule has 0 radical (unpaired) electrons. The molecule has 0 aromatic carbocycles. The molecule has 9 heteroatoms. The monoisotopic (exact) mass is 438 g/mol. The summed E-state index contributed by atoms with van der Waals surface area (Å²) in [5.41, 5.74) is 0. The van der Waals surface area contributed by atoms with Crippen LogP contribution in [0.3, 0.4) is 0 Å². The smallest absolute Gasteiger partial charge is 0.308 e. The fourth-order valence-corrected chi connectivity index (χ4v) is 3.96. The number of nitrogens with zero attached hydrogens (tertiary/aromatic N) is 1. The summed E-state index contributed by atoms with van der Waals surface area (Å²) >= 11 is 0. The van der Waals surface area contributed by atoms with Crippen LogP contribution in [-0.2, 0) is 23.9 Å². The molecule has 3 N–H and O–H groups in total. The normalized spacial score (nSPS) is 21.4. The standard InChI is InChI=1S/C22H38N4O5/c1-2-3-4-5-6-7-8-9-14-31-20(28)16-18-22(30)25-12-13-26(18)19(27)15-17-21(29)24-11-10-23-17/h17-18,23H,2-16H2,1H3,(H,24,29)(H,25,30). The zero-order valence-electron chi connectivity index (χ0n) is 18.7. The van der Waals surface area contributed by atoms with Gasteiger partial charge in [0.1, 0.15) is 6.04 Å². The van der Waals surface area contributed by atoms with Crippen molar-refractivity contribution < 1.29 is 23.9 Å². The third-order valence-corrected chi connectivity index (χ3v) is 5.78. The molecule has 2 rings (SSSR count). The zero-order valence-corrected chi connectivity index (χ0v) is 18.7. The second-order valence-electron chi connectivity index (χ2n) is 8.30. The first-order valence-electron chi connectivity index (χ1n) is 11.8. The summed E-state index contributed by atoms with van der Waals surface area (Å²) in [6.45, 7) is 4.31. The molecule has 2 aliphatic heterocycles. The van der Waals surface area contributed by atoms with E-state index in [2.05, 4.69) is 22.9 Å². The number of unbranched alkanes of at least 4 members (excludes halogenated alkanes) is 7. The maximum Gasteiger partial charge on any atom is 0.308 e. The van der Waals surface area contributed by atoms with Gasteiger partial charge in [-0.05, 0) is 6.42 Å². The summed E-state index contributed by atoms with van der Waals surface area (Å²) in [5.74, 6) is -1.37. The third kappa shape index (κ3) is 8.85. The molecule has 2 saturated heterocycles. The van der Waals surface area contributed by atoms with Gasteiger partial charge in [-0.2, -0.15) is 0 Å². The number of carbonyl (C=O) groups excluding carboxylic acids is 4. The summed E-state index contributed by atoms with van der Waals surface area (Å²) < 4.78 is 5.30. The summed E-state index contributed by atoms with van der Waals surface area (Å²) in [6.07, 6.45) is 9.03. The first-order valence-corrected chi connectivity index (χ1v) is 11.8. The Morgan fingerprint density at radius 2 is 1.58 bits per heavy atom. The zero-order chi connectivity index (χ0) is 22.5. The van der Waals surface area contributed by atoms with E-state index in [1.165, 1.54) is 37.0 Å². The molecule has 2 unspecified atom stereocenters. The Bertz CT molecular complexity index is 613. The number of esters is 1. The fourth-order valence-electron chi connectivity index (χ4n) is 3.96. The number of rotatable bonds is 13. The van der Waals surface area contributed by atoms with Crippen LogP contribution in [0.2, 0.25) is 0 Å². The van der Waals surface area contributed by atoms with E-state index in [0.717, 1.165) is 19.3 Å². The van der Waals surface area contributed by atoms with Gasteiger partial charge < -0.3 is 25.6 Å². The summed E-state index contributed by atoms with van der Waals surface area (Å²) in [5, 5.41) is 8.43. The minimum absolute atomic E-state index is 0.0388. The molecule has 0 aliphatic carbocycles. The molecule has 2 heterocycles. The highest BCUT2D eigenvalue weighted by molar-refractivity contribution is 5.94. The lowest BCUT2D eigenvalue weighted by atomic mass is 10.1. The van der Waals surface area contributed by atoms with Crippen molar-refractivity contribution in [2.24, 2.45) is 0 Å². The molecule has 9 nitrogen and oxygen atoms in total. The van der Waals surface area contributed by atoms with Gasteiger partial charge in [0.2, 0.25) is 17.7 Å². The van der Waals surface area contributed by atoms with E-state index < -0.39 is 18.1 Å². The number of nitrogens with one attached hydrogen (secondary N) is 3. The lowest BCUT2D eigenvalue weighted by molar-refractivity contribution is -0.152. The van der Waals surface area contributed by atoms with Crippen LogP contribution in [0, 0.1) is 0 Å². The van der Waals surface area contributed by atoms with Crippen molar-refractivity contribution in [1.82, 2.24) is 20.9 Å². The molecule has 2 fully saturated rings. The largest absolute Gasteiger partial charge is 0.466 e. The van der Waals surface area contributed by atoms with Crippen molar-refractivity contribution in [2.45, 2.75) is 83.2 Å². The second kappa shape index (κ2) is 14.0. The van der Waals surface area contributed by atoms with Gasteiger partial charge in [0, 0.05) is 26.2 Å². The minimum atomic E-state index is -0.890. The molecule has 0 bridgehead atoms. The van der Waals surface area contributed by atoms with Crippen LogP contribution >= 0.6 is 0 Å². The van der Waals surface area contributed by atoms with Gasteiger partial charge in [-0.3, -0.25) is 19.2 Å². The van der Waals surface area contributed by atoms with Gasteiger partial charge in [-0.1, -0.05) is 51.9 Å². The Labute approximate surface area is 185 Å². The van der Waals surface area contributed by atoms with Crippen LogP contribution in [0.4, 0.5) is 0 Å². The Kier molecular flexibility index (Phi) is 11.3. The van der Waals surface area contributed by atoms with E-state index in [4.69, 9.17) is 4.74 Å². The first-order chi connectivity index (χ1) is 15.0. The van der Waals surface area contributed by atoms with E-state index in [9.17, 15) is 19.2 Å². The molecule has 3 amide bonds.